The van der Waals surface area contributed by atoms with Crippen LogP contribution in [0.4, 0.5) is 8.78 Å². The molecule has 156 valence electrons. The molecule has 1 aliphatic heterocycles. The van der Waals surface area contributed by atoms with Crippen molar-refractivity contribution in [2.24, 2.45) is 7.05 Å². The summed E-state index contributed by atoms with van der Waals surface area (Å²) in [5, 5.41) is 4.17. The fourth-order valence-electron chi connectivity index (χ4n) is 3.38. The summed E-state index contributed by atoms with van der Waals surface area (Å²) in [5.41, 5.74) is 4.04. The van der Waals surface area contributed by atoms with Crippen LogP contribution in [0.5, 0.6) is 5.88 Å². The van der Waals surface area contributed by atoms with Crippen LogP contribution < -0.4 is 4.74 Å². The van der Waals surface area contributed by atoms with E-state index in [4.69, 9.17) is 4.74 Å². The maximum absolute atomic E-state index is 13.6. The van der Waals surface area contributed by atoms with E-state index in [1.165, 1.54) is 13.1 Å². The Labute approximate surface area is 173 Å². The lowest BCUT2D eigenvalue weighted by atomic mass is 10.1. The van der Waals surface area contributed by atoms with Crippen LogP contribution >= 0.6 is 0 Å². The molecule has 0 radical (unpaired) electrons. The number of halogens is 2. The van der Waals surface area contributed by atoms with Gasteiger partial charge in [0.2, 0.25) is 5.88 Å². The van der Waals surface area contributed by atoms with Crippen molar-refractivity contribution in [3.05, 3.63) is 65.6 Å². The van der Waals surface area contributed by atoms with Crippen molar-refractivity contribution in [1.29, 1.82) is 0 Å². The molecule has 0 fully saturated rings. The van der Waals surface area contributed by atoms with Crippen LogP contribution in [-0.4, -0.2) is 38.1 Å². The minimum atomic E-state index is -2.96. The van der Waals surface area contributed by atoms with E-state index in [-0.39, 0.29) is 23.8 Å². The summed E-state index contributed by atoms with van der Waals surface area (Å²) in [5.74, 6) is -3.24. The minimum absolute atomic E-state index is 0.0277. The van der Waals surface area contributed by atoms with Crippen LogP contribution in [0.1, 0.15) is 34.8 Å². The van der Waals surface area contributed by atoms with Crippen LogP contribution in [0.2, 0.25) is 0 Å². The maximum Gasteiger partial charge on any atom is 0.281 e. The summed E-state index contributed by atoms with van der Waals surface area (Å²) in [6.45, 7) is 1.39. The van der Waals surface area contributed by atoms with Crippen LogP contribution in [-0.2, 0) is 20.1 Å². The van der Waals surface area contributed by atoms with Crippen molar-refractivity contribution in [2.75, 3.05) is 6.61 Å². The van der Waals surface area contributed by atoms with Crippen molar-refractivity contribution in [1.82, 2.24) is 19.7 Å². The molecule has 0 saturated heterocycles. The van der Waals surface area contributed by atoms with Crippen molar-refractivity contribution >= 4 is 5.91 Å². The molecule has 2 aromatic heterocycles. The van der Waals surface area contributed by atoms with E-state index in [1.807, 2.05) is 37.5 Å². The molecule has 1 aliphatic rings. The molecule has 0 aliphatic carbocycles. The second kappa shape index (κ2) is 7.85. The van der Waals surface area contributed by atoms with E-state index in [0.29, 0.717) is 13.1 Å². The Morgan fingerprint density at radius 2 is 1.93 bits per heavy atom. The van der Waals surface area contributed by atoms with Crippen LogP contribution in [0.3, 0.4) is 0 Å². The highest BCUT2D eigenvalue weighted by atomic mass is 19.3. The molecule has 1 amide bonds. The zero-order valence-corrected chi connectivity index (χ0v) is 16.8. The highest BCUT2D eigenvalue weighted by Gasteiger charge is 2.34. The second-order valence-electron chi connectivity index (χ2n) is 7.41. The number of aryl methyl sites for hydroxylation is 1. The lowest BCUT2D eigenvalue weighted by Crippen LogP contribution is -2.26. The van der Waals surface area contributed by atoms with Gasteiger partial charge in [0, 0.05) is 44.5 Å². The topological polar surface area (TPSA) is 60.2 Å². The van der Waals surface area contributed by atoms with Gasteiger partial charge in [-0.3, -0.25) is 9.48 Å². The summed E-state index contributed by atoms with van der Waals surface area (Å²) in [4.78, 5) is 18.6. The Bertz CT molecular complexity index is 1060. The number of benzene rings is 1. The van der Waals surface area contributed by atoms with Crippen molar-refractivity contribution in [2.45, 2.75) is 32.4 Å². The largest absolute Gasteiger partial charge is 0.471 e. The number of hydrogen-bond donors (Lipinski definition) is 0. The number of amides is 1. The van der Waals surface area contributed by atoms with Gasteiger partial charge >= 0.3 is 0 Å². The highest BCUT2D eigenvalue weighted by molar-refractivity contribution is 6.00. The number of carbonyl (C=O) groups is 1. The molecular formula is C22H22F2N4O2. The zero-order valence-electron chi connectivity index (χ0n) is 16.8. The van der Waals surface area contributed by atoms with E-state index in [0.717, 1.165) is 22.3 Å². The quantitative estimate of drug-likeness (QED) is 0.587. The average molecular weight is 412 g/mol. The lowest BCUT2D eigenvalue weighted by Gasteiger charge is -2.17. The Hall–Kier alpha value is -3.29. The van der Waals surface area contributed by atoms with E-state index in [1.54, 1.807) is 21.8 Å². The molecule has 3 aromatic rings. The lowest BCUT2D eigenvalue weighted by molar-refractivity contribution is -0.0449. The molecule has 0 N–H and O–H groups in total. The minimum Gasteiger partial charge on any atom is -0.471 e. The summed E-state index contributed by atoms with van der Waals surface area (Å²) < 4.78 is 34.1. The summed E-state index contributed by atoms with van der Waals surface area (Å²) >= 11 is 0. The Kier molecular flexibility index (Phi) is 5.24. The van der Waals surface area contributed by atoms with Crippen molar-refractivity contribution in [3.8, 4) is 17.0 Å². The van der Waals surface area contributed by atoms with E-state index in [9.17, 15) is 13.6 Å². The van der Waals surface area contributed by atoms with Gasteiger partial charge in [-0.2, -0.15) is 5.10 Å². The molecule has 8 heteroatoms. The summed E-state index contributed by atoms with van der Waals surface area (Å²) in [7, 11) is 1.87. The number of hydrogen-bond acceptors (Lipinski definition) is 4. The van der Waals surface area contributed by atoms with E-state index in [2.05, 4.69) is 10.1 Å². The first-order valence-corrected chi connectivity index (χ1v) is 9.72. The molecule has 0 atom stereocenters. The van der Waals surface area contributed by atoms with Gasteiger partial charge in [-0.05, 0) is 22.8 Å². The average Bonchev–Trinajstić information content (AvgIpc) is 3.31. The summed E-state index contributed by atoms with van der Waals surface area (Å²) in [6, 6.07) is 9.64. The molecular weight excluding hydrogens is 390 g/mol. The third kappa shape index (κ3) is 4.03. The normalized spacial score (nSPS) is 13.6. The first-order chi connectivity index (χ1) is 14.4. The fourth-order valence-corrected chi connectivity index (χ4v) is 3.38. The smallest absolute Gasteiger partial charge is 0.281 e. The number of ether oxygens (including phenoxy) is 1. The first-order valence-electron chi connectivity index (χ1n) is 9.72. The molecule has 0 bridgehead atoms. The van der Waals surface area contributed by atoms with E-state index >= 15 is 0 Å². The van der Waals surface area contributed by atoms with Gasteiger partial charge < -0.3 is 9.64 Å². The van der Waals surface area contributed by atoms with E-state index < -0.39 is 12.5 Å². The molecule has 0 unspecified atom stereocenters. The number of aromatic nitrogens is 3. The molecule has 3 heterocycles. The van der Waals surface area contributed by atoms with Gasteiger partial charge in [0.15, 0.2) is 6.61 Å². The third-order valence-corrected chi connectivity index (χ3v) is 5.17. The zero-order chi connectivity index (χ0) is 21.3. The Balaban J connectivity index is 1.47. The third-order valence-electron chi connectivity index (χ3n) is 5.17. The monoisotopic (exact) mass is 412 g/mol. The van der Waals surface area contributed by atoms with Gasteiger partial charge in [-0.1, -0.05) is 31.2 Å². The first kappa shape index (κ1) is 20.0. The summed E-state index contributed by atoms with van der Waals surface area (Å²) in [6.07, 6.45) is 4.88. The molecule has 1 aromatic carbocycles. The van der Waals surface area contributed by atoms with Gasteiger partial charge in [0.1, 0.15) is 5.56 Å². The standard InChI is InChI=1S/C22H22F2N4O2/c1-3-22(23,24)14-30-20-19-17(8-9-25-20)13-28(21(19)29)11-15-4-6-16(7-5-15)18-10-26-27(2)12-18/h4-10,12H,3,11,13-14H2,1-2H3. The van der Waals surface area contributed by atoms with Gasteiger partial charge in [0.25, 0.3) is 11.8 Å². The maximum atomic E-state index is 13.6. The molecule has 0 saturated carbocycles. The van der Waals surface area contributed by atoms with Crippen LogP contribution in [0.15, 0.2) is 48.9 Å². The van der Waals surface area contributed by atoms with Gasteiger partial charge in [-0.25, -0.2) is 13.8 Å². The number of fused-ring (bicyclic) bond motifs is 1. The molecule has 0 spiro atoms. The highest BCUT2D eigenvalue weighted by Crippen LogP contribution is 2.31. The predicted octanol–water partition coefficient (Wildman–Crippen LogP) is 4.06. The molecule has 30 heavy (non-hydrogen) atoms. The molecule has 6 nitrogen and oxygen atoms in total. The second-order valence-corrected chi connectivity index (χ2v) is 7.41. The number of pyridine rings is 1. The van der Waals surface area contributed by atoms with Crippen LogP contribution in [0, 0.1) is 0 Å². The predicted molar refractivity (Wildman–Crippen MR) is 107 cm³/mol. The number of carbonyl (C=O) groups excluding carboxylic acids is 1. The number of nitrogens with zero attached hydrogens (tertiary/aromatic N) is 4. The number of alkyl halides is 2. The molecule has 4 rings (SSSR count). The fraction of sp³-hybridized carbons (Fsp3) is 0.318. The Morgan fingerprint density at radius 1 is 1.17 bits per heavy atom. The SMILES string of the molecule is CCC(F)(F)COc1nccc2c1C(=O)N(Cc1ccc(-c3cnn(C)c3)cc1)C2. The van der Waals surface area contributed by atoms with Crippen molar-refractivity contribution in [3.63, 3.8) is 0 Å². The Morgan fingerprint density at radius 3 is 2.60 bits per heavy atom. The van der Waals surface area contributed by atoms with Gasteiger partial charge in [0.05, 0.1) is 6.20 Å². The van der Waals surface area contributed by atoms with Crippen molar-refractivity contribution < 1.29 is 18.3 Å². The van der Waals surface area contributed by atoms with Gasteiger partial charge in [-0.15, -0.1) is 0 Å². The van der Waals surface area contributed by atoms with Crippen LogP contribution in [0.25, 0.3) is 11.1 Å². The number of rotatable bonds is 7.